The summed E-state index contributed by atoms with van der Waals surface area (Å²) >= 11 is 0. The molecule has 0 atom stereocenters. The molecule has 0 aliphatic heterocycles. The molecule has 1 N–H and O–H groups in total. The highest BCUT2D eigenvalue weighted by Gasteiger charge is 2.10. The standard InChI is InChI=1S/C11H19N3/c1-6-12-11-8(4)10(7(2)3)13-9(5)14-11/h7H,6H2,1-5H3,(H,12,13,14). The Bertz CT molecular complexity index is 319. The Kier molecular flexibility index (Phi) is 3.44. The Morgan fingerprint density at radius 3 is 2.36 bits per heavy atom. The number of nitrogens with one attached hydrogen (secondary N) is 1. The molecule has 3 heteroatoms. The smallest absolute Gasteiger partial charge is 0.132 e. The van der Waals surface area contributed by atoms with Gasteiger partial charge in [0.1, 0.15) is 11.6 Å². The first-order chi connectivity index (χ1) is 6.56. The number of hydrogen-bond acceptors (Lipinski definition) is 3. The molecule has 1 aromatic rings. The summed E-state index contributed by atoms with van der Waals surface area (Å²) in [6, 6.07) is 0. The molecule has 0 aliphatic carbocycles. The molecule has 0 saturated carbocycles. The van der Waals surface area contributed by atoms with Gasteiger partial charge in [-0.1, -0.05) is 13.8 Å². The van der Waals surface area contributed by atoms with E-state index in [1.807, 2.05) is 6.92 Å². The van der Waals surface area contributed by atoms with Crippen molar-refractivity contribution in [3.05, 3.63) is 17.1 Å². The van der Waals surface area contributed by atoms with Crippen LogP contribution in [0.3, 0.4) is 0 Å². The van der Waals surface area contributed by atoms with Gasteiger partial charge in [-0.05, 0) is 26.7 Å². The molecule has 0 unspecified atom stereocenters. The van der Waals surface area contributed by atoms with Crippen LogP contribution in [0.2, 0.25) is 0 Å². The molecule has 0 saturated heterocycles. The number of anilines is 1. The summed E-state index contributed by atoms with van der Waals surface area (Å²) in [5.41, 5.74) is 2.32. The van der Waals surface area contributed by atoms with Crippen molar-refractivity contribution in [1.82, 2.24) is 9.97 Å². The van der Waals surface area contributed by atoms with E-state index in [-0.39, 0.29) is 0 Å². The van der Waals surface area contributed by atoms with Crippen LogP contribution in [-0.4, -0.2) is 16.5 Å². The van der Waals surface area contributed by atoms with E-state index in [9.17, 15) is 0 Å². The van der Waals surface area contributed by atoms with E-state index in [0.717, 1.165) is 23.9 Å². The van der Waals surface area contributed by atoms with Gasteiger partial charge in [0.2, 0.25) is 0 Å². The average molecular weight is 193 g/mol. The molecular weight excluding hydrogens is 174 g/mol. The Labute approximate surface area is 86.0 Å². The molecule has 0 radical (unpaired) electrons. The summed E-state index contributed by atoms with van der Waals surface area (Å²) in [7, 11) is 0. The molecule has 3 nitrogen and oxygen atoms in total. The SMILES string of the molecule is CCNc1nc(C)nc(C(C)C)c1C. The van der Waals surface area contributed by atoms with Crippen LogP contribution in [0.4, 0.5) is 5.82 Å². The van der Waals surface area contributed by atoms with Gasteiger partial charge in [-0.25, -0.2) is 9.97 Å². The van der Waals surface area contributed by atoms with Crippen molar-refractivity contribution in [2.75, 3.05) is 11.9 Å². The van der Waals surface area contributed by atoms with Gasteiger partial charge < -0.3 is 5.32 Å². The first-order valence-electron chi connectivity index (χ1n) is 5.15. The Hall–Kier alpha value is -1.12. The fourth-order valence-electron chi connectivity index (χ4n) is 1.55. The summed E-state index contributed by atoms with van der Waals surface area (Å²) in [5, 5.41) is 3.26. The number of aryl methyl sites for hydroxylation is 1. The van der Waals surface area contributed by atoms with Gasteiger partial charge in [0.25, 0.3) is 0 Å². The van der Waals surface area contributed by atoms with Crippen LogP contribution in [0.5, 0.6) is 0 Å². The van der Waals surface area contributed by atoms with Crippen LogP contribution in [0, 0.1) is 13.8 Å². The van der Waals surface area contributed by atoms with Crippen molar-refractivity contribution < 1.29 is 0 Å². The third-order valence-corrected chi connectivity index (χ3v) is 2.19. The second-order valence-electron chi connectivity index (χ2n) is 3.81. The molecule has 0 amide bonds. The predicted molar refractivity (Wildman–Crippen MR) is 59.8 cm³/mol. The lowest BCUT2D eigenvalue weighted by Crippen LogP contribution is -2.08. The van der Waals surface area contributed by atoms with Gasteiger partial charge in [0, 0.05) is 12.1 Å². The lowest BCUT2D eigenvalue weighted by atomic mass is 10.1. The van der Waals surface area contributed by atoms with Crippen LogP contribution >= 0.6 is 0 Å². The largest absolute Gasteiger partial charge is 0.370 e. The summed E-state index contributed by atoms with van der Waals surface area (Å²) in [6.07, 6.45) is 0. The third kappa shape index (κ3) is 2.22. The van der Waals surface area contributed by atoms with Gasteiger partial charge >= 0.3 is 0 Å². The minimum Gasteiger partial charge on any atom is -0.370 e. The van der Waals surface area contributed by atoms with Crippen molar-refractivity contribution >= 4 is 5.82 Å². The van der Waals surface area contributed by atoms with Gasteiger partial charge in [0.15, 0.2) is 0 Å². The summed E-state index contributed by atoms with van der Waals surface area (Å²) in [4.78, 5) is 8.85. The Morgan fingerprint density at radius 1 is 1.21 bits per heavy atom. The summed E-state index contributed by atoms with van der Waals surface area (Å²) < 4.78 is 0. The van der Waals surface area contributed by atoms with Crippen molar-refractivity contribution in [3.8, 4) is 0 Å². The van der Waals surface area contributed by atoms with Crippen molar-refractivity contribution in [2.24, 2.45) is 0 Å². The number of aromatic nitrogens is 2. The normalized spacial score (nSPS) is 10.7. The highest BCUT2D eigenvalue weighted by molar-refractivity contribution is 5.46. The van der Waals surface area contributed by atoms with Gasteiger partial charge in [0.05, 0.1) is 5.69 Å². The zero-order chi connectivity index (χ0) is 10.7. The quantitative estimate of drug-likeness (QED) is 0.802. The van der Waals surface area contributed by atoms with Crippen LogP contribution in [0.1, 0.15) is 43.8 Å². The van der Waals surface area contributed by atoms with Crippen molar-refractivity contribution in [3.63, 3.8) is 0 Å². The first-order valence-corrected chi connectivity index (χ1v) is 5.15. The second-order valence-corrected chi connectivity index (χ2v) is 3.81. The van der Waals surface area contributed by atoms with Crippen LogP contribution < -0.4 is 5.32 Å². The van der Waals surface area contributed by atoms with E-state index in [4.69, 9.17) is 0 Å². The van der Waals surface area contributed by atoms with E-state index in [1.54, 1.807) is 0 Å². The van der Waals surface area contributed by atoms with Gasteiger partial charge in [-0.3, -0.25) is 0 Å². The molecule has 1 rings (SSSR count). The van der Waals surface area contributed by atoms with E-state index < -0.39 is 0 Å². The number of nitrogens with zero attached hydrogens (tertiary/aromatic N) is 2. The van der Waals surface area contributed by atoms with E-state index in [2.05, 4.69) is 43.0 Å². The van der Waals surface area contributed by atoms with Crippen LogP contribution in [0.15, 0.2) is 0 Å². The molecule has 14 heavy (non-hydrogen) atoms. The van der Waals surface area contributed by atoms with Crippen molar-refractivity contribution in [2.45, 2.75) is 40.5 Å². The number of hydrogen-bond donors (Lipinski definition) is 1. The third-order valence-electron chi connectivity index (χ3n) is 2.19. The fourth-order valence-corrected chi connectivity index (χ4v) is 1.55. The molecule has 0 spiro atoms. The fraction of sp³-hybridized carbons (Fsp3) is 0.636. The highest BCUT2D eigenvalue weighted by atomic mass is 15.0. The first kappa shape index (κ1) is 11.0. The highest BCUT2D eigenvalue weighted by Crippen LogP contribution is 2.21. The molecule has 1 aromatic heterocycles. The zero-order valence-electron chi connectivity index (χ0n) is 9.68. The molecule has 0 fully saturated rings. The molecule has 1 heterocycles. The lowest BCUT2D eigenvalue weighted by Gasteiger charge is -2.13. The molecular formula is C11H19N3. The topological polar surface area (TPSA) is 37.8 Å². The van der Waals surface area contributed by atoms with Crippen LogP contribution in [-0.2, 0) is 0 Å². The van der Waals surface area contributed by atoms with Gasteiger partial charge in [-0.2, -0.15) is 0 Å². The molecule has 0 aromatic carbocycles. The molecule has 78 valence electrons. The molecule has 0 bridgehead atoms. The Morgan fingerprint density at radius 2 is 1.86 bits per heavy atom. The van der Waals surface area contributed by atoms with E-state index >= 15 is 0 Å². The monoisotopic (exact) mass is 193 g/mol. The maximum atomic E-state index is 4.46. The summed E-state index contributed by atoms with van der Waals surface area (Å²) in [5.74, 6) is 2.27. The van der Waals surface area contributed by atoms with Crippen molar-refractivity contribution in [1.29, 1.82) is 0 Å². The molecule has 0 aliphatic rings. The minimum atomic E-state index is 0.453. The zero-order valence-corrected chi connectivity index (χ0v) is 9.68. The maximum Gasteiger partial charge on any atom is 0.132 e. The lowest BCUT2D eigenvalue weighted by molar-refractivity contribution is 0.789. The van der Waals surface area contributed by atoms with E-state index in [1.165, 1.54) is 5.56 Å². The van der Waals surface area contributed by atoms with Gasteiger partial charge in [-0.15, -0.1) is 0 Å². The maximum absolute atomic E-state index is 4.46. The predicted octanol–water partition coefficient (Wildman–Crippen LogP) is 2.65. The second kappa shape index (κ2) is 4.40. The van der Waals surface area contributed by atoms with E-state index in [0.29, 0.717) is 5.92 Å². The average Bonchev–Trinajstić information content (AvgIpc) is 2.10. The van der Waals surface area contributed by atoms with Crippen LogP contribution in [0.25, 0.3) is 0 Å². The summed E-state index contributed by atoms with van der Waals surface area (Å²) in [6.45, 7) is 11.3. The Balaban J connectivity index is 3.18. The number of rotatable bonds is 3. The minimum absolute atomic E-state index is 0.453.